The highest BCUT2D eigenvalue weighted by Crippen LogP contribution is 2.40. The van der Waals surface area contributed by atoms with Crippen LogP contribution in [0.25, 0.3) is 0 Å². The lowest BCUT2D eigenvalue weighted by Gasteiger charge is -2.29. The van der Waals surface area contributed by atoms with Gasteiger partial charge in [-0.3, -0.25) is 4.79 Å². The van der Waals surface area contributed by atoms with E-state index >= 15 is 0 Å². The lowest BCUT2D eigenvalue weighted by atomic mass is 9.99. The van der Waals surface area contributed by atoms with Crippen LogP contribution in [-0.4, -0.2) is 23.6 Å². The Kier molecular flexibility index (Phi) is 3.96. The number of phenols is 1. The number of aromatic hydroxyl groups is 1. The Morgan fingerprint density at radius 2 is 2.12 bits per heavy atom. The fourth-order valence-electron chi connectivity index (χ4n) is 3.77. The number of phenolic OH excluding ortho intramolecular Hbond substituents is 1. The third-order valence-corrected chi connectivity index (χ3v) is 6.51. The smallest absolute Gasteiger partial charge is 0.256 e. The molecule has 1 aromatic heterocycles. The zero-order chi connectivity index (χ0) is 17.7. The number of quaternary nitrogens is 1. The van der Waals surface area contributed by atoms with Gasteiger partial charge in [0.2, 0.25) is 0 Å². The largest absolute Gasteiger partial charge is 0.507 e. The maximum absolute atomic E-state index is 12.8. The van der Waals surface area contributed by atoms with Crippen molar-refractivity contribution in [2.75, 3.05) is 11.9 Å². The van der Waals surface area contributed by atoms with E-state index in [2.05, 4.69) is 24.5 Å². The lowest BCUT2D eigenvalue weighted by molar-refractivity contribution is -0.936. The van der Waals surface area contributed by atoms with Gasteiger partial charge in [0, 0.05) is 12.0 Å². The van der Waals surface area contributed by atoms with Crippen LogP contribution in [0, 0.1) is 6.92 Å². The van der Waals surface area contributed by atoms with Gasteiger partial charge in [-0.2, -0.15) is 0 Å². The number of benzene rings is 1. The van der Waals surface area contributed by atoms with Crippen LogP contribution in [0.3, 0.4) is 0 Å². The number of thiophene rings is 1. The highest BCUT2D eigenvalue weighted by Gasteiger charge is 2.35. The standard InChI is InChI=1S/C19H23N3O2S/c1-10(2)22-8-7-12-14(9-22)25-19-15(12)18(24)20-17(21-19)13-6-4-5-11(3)16(13)23/h4-6,10,17,21,23H,7-9H2,1-3H3,(H,20,24)/p+1/t17-/m0/s1. The molecule has 4 N–H and O–H groups in total. The molecule has 25 heavy (non-hydrogen) atoms. The third-order valence-electron chi connectivity index (χ3n) is 5.35. The summed E-state index contributed by atoms with van der Waals surface area (Å²) in [6, 6.07) is 6.20. The molecule has 0 aliphatic carbocycles. The van der Waals surface area contributed by atoms with E-state index in [1.807, 2.05) is 25.1 Å². The summed E-state index contributed by atoms with van der Waals surface area (Å²) in [5.74, 6) is 0.200. The minimum Gasteiger partial charge on any atom is -0.507 e. The number of rotatable bonds is 2. The second kappa shape index (κ2) is 6.04. The summed E-state index contributed by atoms with van der Waals surface area (Å²) in [7, 11) is 0. The van der Waals surface area contributed by atoms with Crippen LogP contribution in [-0.2, 0) is 13.0 Å². The van der Waals surface area contributed by atoms with E-state index in [4.69, 9.17) is 0 Å². The molecule has 6 heteroatoms. The van der Waals surface area contributed by atoms with Crippen molar-refractivity contribution in [3.63, 3.8) is 0 Å². The predicted molar refractivity (Wildman–Crippen MR) is 99.4 cm³/mol. The summed E-state index contributed by atoms with van der Waals surface area (Å²) in [5.41, 5.74) is 3.54. The molecular weight excluding hydrogens is 334 g/mol. The first kappa shape index (κ1) is 16.4. The number of carbonyl (C=O) groups is 1. The number of fused-ring (bicyclic) bond motifs is 3. The Bertz CT molecular complexity index is 843. The van der Waals surface area contributed by atoms with Crippen molar-refractivity contribution < 1.29 is 14.8 Å². The Hall–Kier alpha value is -2.05. The van der Waals surface area contributed by atoms with Gasteiger partial charge in [-0.1, -0.05) is 18.2 Å². The fourth-order valence-corrected chi connectivity index (χ4v) is 5.10. The van der Waals surface area contributed by atoms with Crippen molar-refractivity contribution in [2.45, 2.75) is 45.9 Å². The molecule has 2 atom stereocenters. The number of aryl methyl sites for hydroxylation is 1. The highest BCUT2D eigenvalue weighted by atomic mass is 32.1. The molecule has 0 saturated heterocycles. The number of nitrogens with one attached hydrogen (secondary N) is 3. The third kappa shape index (κ3) is 2.69. The van der Waals surface area contributed by atoms with Crippen molar-refractivity contribution in [1.82, 2.24) is 5.32 Å². The molecule has 132 valence electrons. The van der Waals surface area contributed by atoms with E-state index in [1.54, 1.807) is 16.2 Å². The minimum atomic E-state index is -0.395. The SMILES string of the molecule is Cc1cccc([C@H]2NC(=O)c3c(sc4c3CC[NH+](C(C)C)C4)N2)c1O. The number of carbonyl (C=O) groups excluding carboxylic acids is 1. The first-order valence-corrected chi connectivity index (χ1v) is 9.62. The monoisotopic (exact) mass is 358 g/mol. The zero-order valence-corrected chi connectivity index (χ0v) is 15.6. The molecule has 2 aromatic rings. The Morgan fingerprint density at radius 1 is 1.32 bits per heavy atom. The van der Waals surface area contributed by atoms with Gasteiger partial charge in [-0.15, -0.1) is 11.3 Å². The van der Waals surface area contributed by atoms with Gasteiger partial charge in [-0.25, -0.2) is 0 Å². The highest BCUT2D eigenvalue weighted by molar-refractivity contribution is 7.16. The second-order valence-corrected chi connectivity index (χ2v) is 8.37. The van der Waals surface area contributed by atoms with E-state index < -0.39 is 6.17 Å². The molecule has 0 fully saturated rings. The molecule has 1 aromatic carbocycles. The maximum atomic E-state index is 12.8. The Labute approximate surface area is 151 Å². The summed E-state index contributed by atoms with van der Waals surface area (Å²) in [6.45, 7) is 8.41. The number of para-hydroxylation sites is 1. The Morgan fingerprint density at radius 3 is 2.88 bits per heavy atom. The summed E-state index contributed by atoms with van der Waals surface area (Å²) in [4.78, 5) is 15.7. The zero-order valence-electron chi connectivity index (χ0n) is 14.8. The van der Waals surface area contributed by atoms with E-state index in [-0.39, 0.29) is 11.7 Å². The fraction of sp³-hybridized carbons (Fsp3) is 0.421. The van der Waals surface area contributed by atoms with Crippen molar-refractivity contribution in [2.24, 2.45) is 0 Å². The summed E-state index contributed by atoms with van der Waals surface area (Å²) < 4.78 is 0. The lowest BCUT2D eigenvalue weighted by Crippen LogP contribution is -3.14. The van der Waals surface area contributed by atoms with Crippen molar-refractivity contribution >= 4 is 22.2 Å². The second-order valence-electron chi connectivity index (χ2n) is 7.26. The molecule has 0 bridgehead atoms. The molecule has 3 heterocycles. The normalized spacial score (nSPS) is 22.2. The van der Waals surface area contributed by atoms with E-state index in [0.717, 1.165) is 35.6 Å². The van der Waals surface area contributed by atoms with Crippen LogP contribution in [0.15, 0.2) is 18.2 Å². The van der Waals surface area contributed by atoms with Crippen LogP contribution in [0.2, 0.25) is 0 Å². The quantitative estimate of drug-likeness (QED) is 0.664. The van der Waals surface area contributed by atoms with Crippen LogP contribution in [0.5, 0.6) is 5.75 Å². The van der Waals surface area contributed by atoms with Gasteiger partial charge in [0.25, 0.3) is 5.91 Å². The van der Waals surface area contributed by atoms with Gasteiger partial charge in [0.15, 0.2) is 0 Å². The van der Waals surface area contributed by atoms with Crippen LogP contribution >= 0.6 is 11.3 Å². The summed E-state index contributed by atoms with van der Waals surface area (Å²) in [5, 5.41) is 17.7. The van der Waals surface area contributed by atoms with Gasteiger partial charge < -0.3 is 20.6 Å². The molecule has 0 radical (unpaired) electrons. The molecule has 0 saturated carbocycles. The molecule has 2 aliphatic heterocycles. The minimum absolute atomic E-state index is 0.0369. The first-order valence-electron chi connectivity index (χ1n) is 8.80. The van der Waals surface area contributed by atoms with Crippen molar-refractivity contribution in [3.8, 4) is 5.75 Å². The van der Waals surface area contributed by atoms with Crippen LogP contribution in [0.4, 0.5) is 5.00 Å². The summed E-state index contributed by atoms with van der Waals surface area (Å²) in [6.07, 6.45) is 0.554. The average Bonchev–Trinajstić information content (AvgIpc) is 2.95. The van der Waals surface area contributed by atoms with E-state index in [0.29, 0.717) is 11.6 Å². The van der Waals surface area contributed by atoms with E-state index in [9.17, 15) is 9.90 Å². The average molecular weight is 358 g/mol. The van der Waals surface area contributed by atoms with Crippen molar-refractivity contribution in [3.05, 3.63) is 45.3 Å². The molecule has 4 rings (SSSR count). The number of hydrogen-bond donors (Lipinski definition) is 4. The number of amides is 1. The van der Waals surface area contributed by atoms with Gasteiger partial charge in [-0.05, 0) is 31.9 Å². The predicted octanol–water partition coefficient (Wildman–Crippen LogP) is 1.97. The van der Waals surface area contributed by atoms with Crippen LogP contribution < -0.4 is 15.5 Å². The summed E-state index contributed by atoms with van der Waals surface area (Å²) >= 11 is 1.70. The number of hydrogen-bond acceptors (Lipinski definition) is 4. The Balaban J connectivity index is 1.68. The maximum Gasteiger partial charge on any atom is 0.256 e. The molecule has 0 spiro atoms. The molecular formula is C19H24N3O2S+. The molecule has 1 amide bonds. The first-order chi connectivity index (χ1) is 12.0. The van der Waals surface area contributed by atoms with Gasteiger partial charge >= 0.3 is 0 Å². The van der Waals surface area contributed by atoms with Gasteiger partial charge in [0.1, 0.15) is 23.5 Å². The van der Waals surface area contributed by atoms with Crippen LogP contribution in [0.1, 0.15) is 51.9 Å². The molecule has 5 nitrogen and oxygen atoms in total. The molecule has 2 aliphatic rings. The van der Waals surface area contributed by atoms with Crippen molar-refractivity contribution in [1.29, 1.82) is 0 Å². The van der Waals surface area contributed by atoms with E-state index in [1.165, 1.54) is 10.4 Å². The van der Waals surface area contributed by atoms with Gasteiger partial charge in [0.05, 0.1) is 23.0 Å². The topological polar surface area (TPSA) is 65.8 Å². The number of anilines is 1. The molecule has 1 unspecified atom stereocenters.